The summed E-state index contributed by atoms with van der Waals surface area (Å²) in [5, 5.41) is 8.30. The van der Waals surface area contributed by atoms with Crippen molar-refractivity contribution >= 4 is 5.97 Å². The summed E-state index contributed by atoms with van der Waals surface area (Å²) >= 11 is 0. The highest BCUT2D eigenvalue weighted by molar-refractivity contribution is 5.71. The topological polar surface area (TPSA) is 46.5 Å². The minimum absolute atomic E-state index is 0.0878. The average molecular weight is 176 g/mol. The van der Waals surface area contributed by atoms with Gasteiger partial charge in [-0.25, -0.2) is 9.18 Å². The van der Waals surface area contributed by atoms with Crippen molar-refractivity contribution in [2.45, 2.75) is 25.4 Å². The van der Waals surface area contributed by atoms with Crippen molar-refractivity contribution in [3.8, 4) is 0 Å². The van der Waals surface area contributed by atoms with Gasteiger partial charge in [0.1, 0.15) is 0 Å². The van der Waals surface area contributed by atoms with Crippen LogP contribution in [-0.4, -0.2) is 30.5 Å². The number of ether oxygens (including phenoxy) is 1. The van der Waals surface area contributed by atoms with Gasteiger partial charge in [0, 0.05) is 13.2 Å². The first-order chi connectivity index (χ1) is 5.70. The van der Waals surface area contributed by atoms with Crippen molar-refractivity contribution in [2.75, 3.05) is 13.2 Å². The maximum Gasteiger partial charge on any atom is 0.338 e. The van der Waals surface area contributed by atoms with Gasteiger partial charge < -0.3 is 9.84 Å². The third kappa shape index (κ3) is 2.77. The molecule has 1 saturated heterocycles. The second-order valence-electron chi connectivity index (χ2n) is 3.12. The number of carboxylic acid groups (broad SMARTS) is 1. The lowest BCUT2D eigenvalue weighted by Crippen LogP contribution is -2.24. The van der Waals surface area contributed by atoms with Crippen molar-refractivity contribution < 1.29 is 19.0 Å². The Bertz CT molecular complexity index is 154. The van der Waals surface area contributed by atoms with Crippen LogP contribution in [0.4, 0.5) is 4.39 Å². The van der Waals surface area contributed by atoms with Crippen LogP contribution in [0.1, 0.15) is 19.3 Å². The zero-order valence-electron chi connectivity index (χ0n) is 6.83. The normalized spacial score (nSPS) is 26.6. The zero-order chi connectivity index (χ0) is 8.97. The molecular weight excluding hydrogens is 163 g/mol. The predicted molar refractivity (Wildman–Crippen MR) is 40.7 cm³/mol. The van der Waals surface area contributed by atoms with E-state index >= 15 is 0 Å². The molecule has 0 bridgehead atoms. The van der Waals surface area contributed by atoms with Crippen molar-refractivity contribution in [3.05, 3.63) is 0 Å². The number of hydrogen-bond donors (Lipinski definition) is 1. The van der Waals surface area contributed by atoms with Gasteiger partial charge in [0.2, 0.25) is 0 Å². The molecule has 0 saturated carbocycles. The Morgan fingerprint density at radius 2 is 2.50 bits per heavy atom. The van der Waals surface area contributed by atoms with E-state index in [1.54, 1.807) is 0 Å². The molecule has 3 nitrogen and oxygen atoms in total. The Balaban J connectivity index is 2.24. The van der Waals surface area contributed by atoms with Crippen LogP contribution in [-0.2, 0) is 9.53 Å². The lowest BCUT2D eigenvalue weighted by atomic mass is 9.96. The molecule has 0 spiro atoms. The fourth-order valence-corrected chi connectivity index (χ4v) is 1.39. The van der Waals surface area contributed by atoms with E-state index in [9.17, 15) is 9.18 Å². The summed E-state index contributed by atoms with van der Waals surface area (Å²) in [6.07, 6.45) is 0.164. The molecule has 0 aromatic heterocycles. The van der Waals surface area contributed by atoms with E-state index < -0.39 is 12.1 Å². The fourth-order valence-electron chi connectivity index (χ4n) is 1.39. The molecule has 0 aromatic carbocycles. The minimum atomic E-state index is -1.73. The number of aliphatic carboxylic acids is 1. The van der Waals surface area contributed by atoms with Gasteiger partial charge in [-0.1, -0.05) is 0 Å². The van der Waals surface area contributed by atoms with Crippen molar-refractivity contribution in [1.82, 2.24) is 0 Å². The molecule has 0 radical (unpaired) electrons. The first-order valence-electron chi connectivity index (χ1n) is 4.14. The van der Waals surface area contributed by atoms with E-state index in [0.717, 1.165) is 19.4 Å². The van der Waals surface area contributed by atoms with Gasteiger partial charge in [-0.3, -0.25) is 0 Å². The second-order valence-corrected chi connectivity index (χ2v) is 3.12. The Labute approximate surface area is 70.5 Å². The van der Waals surface area contributed by atoms with E-state index in [2.05, 4.69) is 0 Å². The van der Waals surface area contributed by atoms with Crippen molar-refractivity contribution in [2.24, 2.45) is 5.92 Å². The van der Waals surface area contributed by atoms with Gasteiger partial charge in [-0.15, -0.1) is 0 Å². The monoisotopic (exact) mass is 176 g/mol. The quantitative estimate of drug-likeness (QED) is 0.703. The first-order valence-corrected chi connectivity index (χ1v) is 4.14. The Morgan fingerprint density at radius 3 is 3.00 bits per heavy atom. The lowest BCUT2D eigenvalue weighted by Gasteiger charge is -2.22. The molecule has 0 amide bonds. The van der Waals surface area contributed by atoms with Gasteiger partial charge in [-0.2, -0.15) is 0 Å². The van der Waals surface area contributed by atoms with Crippen LogP contribution in [0.3, 0.4) is 0 Å². The molecule has 1 N–H and O–H groups in total. The smallest absolute Gasteiger partial charge is 0.338 e. The van der Waals surface area contributed by atoms with Crippen molar-refractivity contribution in [3.63, 3.8) is 0 Å². The highest BCUT2D eigenvalue weighted by Gasteiger charge is 2.23. The Morgan fingerprint density at radius 1 is 1.75 bits per heavy atom. The highest BCUT2D eigenvalue weighted by Crippen LogP contribution is 2.19. The molecule has 1 fully saturated rings. The molecule has 2 atom stereocenters. The van der Waals surface area contributed by atoms with Crippen LogP contribution >= 0.6 is 0 Å². The number of carboxylic acids is 1. The molecule has 70 valence electrons. The molecule has 12 heavy (non-hydrogen) atoms. The van der Waals surface area contributed by atoms with Gasteiger partial charge in [0.25, 0.3) is 0 Å². The average Bonchev–Trinajstić information content (AvgIpc) is 2.06. The summed E-state index contributed by atoms with van der Waals surface area (Å²) in [4.78, 5) is 10.2. The third-order valence-electron chi connectivity index (χ3n) is 2.06. The zero-order valence-corrected chi connectivity index (χ0v) is 6.83. The van der Waals surface area contributed by atoms with Gasteiger partial charge in [0.05, 0.1) is 0 Å². The van der Waals surface area contributed by atoms with Crippen LogP contribution in [0.25, 0.3) is 0 Å². The number of carbonyl (C=O) groups is 1. The summed E-state index contributed by atoms with van der Waals surface area (Å²) in [6, 6.07) is 0. The van der Waals surface area contributed by atoms with Gasteiger partial charge in [0.15, 0.2) is 6.17 Å². The van der Waals surface area contributed by atoms with Crippen molar-refractivity contribution in [1.29, 1.82) is 0 Å². The second kappa shape index (κ2) is 4.40. The summed E-state index contributed by atoms with van der Waals surface area (Å²) in [5.41, 5.74) is 0. The maximum atomic E-state index is 12.7. The summed E-state index contributed by atoms with van der Waals surface area (Å²) in [6.45, 7) is 1.23. The number of hydrogen-bond acceptors (Lipinski definition) is 2. The van der Waals surface area contributed by atoms with Gasteiger partial charge in [-0.05, 0) is 25.2 Å². The lowest BCUT2D eigenvalue weighted by molar-refractivity contribution is -0.143. The molecule has 0 aromatic rings. The van der Waals surface area contributed by atoms with Crippen LogP contribution in [0.2, 0.25) is 0 Å². The van der Waals surface area contributed by atoms with E-state index in [0.29, 0.717) is 6.61 Å². The van der Waals surface area contributed by atoms with E-state index in [1.165, 1.54) is 0 Å². The van der Waals surface area contributed by atoms with E-state index in [1.807, 2.05) is 0 Å². The van der Waals surface area contributed by atoms with Crippen LogP contribution in [0.5, 0.6) is 0 Å². The number of rotatable bonds is 3. The van der Waals surface area contributed by atoms with Crippen LogP contribution in [0, 0.1) is 5.92 Å². The molecule has 1 aliphatic heterocycles. The largest absolute Gasteiger partial charge is 0.479 e. The number of alkyl halides is 1. The predicted octanol–water partition coefficient (Wildman–Crippen LogP) is 1.23. The minimum Gasteiger partial charge on any atom is -0.479 e. The fraction of sp³-hybridized carbons (Fsp3) is 0.875. The molecule has 1 aliphatic rings. The molecule has 1 rings (SSSR count). The maximum absolute atomic E-state index is 12.7. The van der Waals surface area contributed by atoms with Crippen LogP contribution < -0.4 is 0 Å². The highest BCUT2D eigenvalue weighted by atomic mass is 19.1. The number of halogens is 1. The van der Waals surface area contributed by atoms with Gasteiger partial charge >= 0.3 is 5.97 Å². The van der Waals surface area contributed by atoms with Crippen LogP contribution in [0.15, 0.2) is 0 Å². The standard InChI is InChI=1S/C8H13FO3/c9-7(8(10)11)4-6-2-1-3-12-5-6/h6-7H,1-5H2,(H,10,11)/t6-,7+/m1/s1. The first kappa shape index (κ1) is 9.45. The van der Waals surface area contributed by atoms with E-state index in [4.69, 9.17) is 9.84 Å². The Kier molecular flexibility index (Phi) is 3.47. The molecule has 0 unspecified atom stereocenters. The molecular formula is C8H13FO3. The third-order valence-corrected chi connectivity index (χ3v) is 2.06. The molecule has 0 aliphatic carbocycles. The molecule has 4 heteroatoms. The SMILES string of the molecule is O=C(O)[C@@H](F)C[C@H]1CCCOC1. The summed E-state index contributed by atoms with van der Waals surface area (Å²) < 4.78 is 17.8. The molecule has 1 heterocycles. The Hall–Kier alpha value is -0.640. The van der Waals surface area contributed by atoms with E-state index in [-0.39, 0.29) is 12.3 Å². The summed E-state index contributed by atoms with van der Waals surface area (Å²) in [7, 11) is 0. The summed E-state index contributed by atoms with van der Waals surface area (Å²) in [5.74, 6) is -1.27.